The van der Waals surface area contributed by atoms with Crippen molar-refractivity contribution in [3.05, 3.63) is 42.4 Å². The second kappa shape index (κ2) is 9.53. The van der Waals surface area contributed by atoms with Gasteiger partial charge in [-0.2, -0.15) is 0 Å². The van der Waals surface area contributed by atoms with Gasteiger partial charge < -0.3 is 14.4 Å². The normalized spacial score (nSPS) is 23.0. The molecule has 0 atom stereocenters. The SMILES string of the molecule is Cc1cnc(N2CCC(OC3CCC(Oc4ccc(S(C)(=O)=O)cc4)CC3)CC2)cn1. The molecule has 168 valence electrons. The summed E-state index contributed by atoms with van der Waals surface area (Å²) in [6, 6.07) is 6.69. The van der Waals surface area contributed by atoms with Crippen LogP contribution in [0.5, 0.6) is 5.75 Å². The van der Waals surface area contributed by atoms with Gasteiger partial charge in [-0.05, 0) is 69.7 Å². The Morgan fingerprint density at radius 3 is 2.06 bits per heavy atom. The van der Waals surface area contributed by atoms with Crippen molar-refractivity contribution in [3.63, 3.8) is 0 Å². The van der Waals surface area contributed by atoms with Gasteiger partial charge in [-0.1, -0.05) is 0 Å². The summed E-state index contributed by atoms with van der Waals surface area (Å²) in [6.45, 7) is 3.85. The Hall–Kier alpha value is -2.19. The zero-order valence-corrected chi connectivity index (χ0v) is 19.1. The monoisotopic (exact) mass is 445 g/mol. The number of benzene rings is 1. The van der Waals surface area contributed by atoms with Gasteiger partial charge in [-0.15, -0.1) is 0 Å². The van der Waals surface area contributed by atoms with E-state index in [-0.39, 0.29) is 6.10 Å². The molecular formula is C23H31N3O4S. The molecule has 1 aromatic carbocycles. The molecule has 1 saturated carbocycles. The Labute approximate surface area is 184 Å². The number of aromatic nitrogens is 2. The Balaban J connectivity index is 1.19. The van der Waals surface area contributed by atoms with Gasteiger partial charge in [0.1, 0.15) is 11.6 Å². The first kappa shape index (κ1) is 22.0. The summed E-state index contributed by atoms with van der Waals surface area (Å²) in [5.41, 5.74) is 0.937. The molecule has 2 aromatic rings. The first-order valence-electron chi connectivity index (χ1n) is 11.0. The smallest absolute Gasteiger partial charge is 0.175 e. The number of sulfone groups is 1. The Kier molecular flexibility index (Phi) is 6.77. The van der Waals surface area contributed by atoms with Crippen molar-refractivity contribution >= 4 is 15.7 Å². The minimum absolute atomic E-state index is 0.158. The molecule has 4 rings (SSSR count). The Morgan fingerprint density at radius 1 is 0.871 bits per heavy atom. The molecule has 1 saturated heterocycles. The van der Waals surface area contributed by atoms with E-state index in [0.29, 0.717) is 17.1 Å². The van der Waals surface area contributed by atoms with E-state index in [9.17, 15) is 8.42 Å². The minimum Gasteiger partial charge on any atom is -0.490 e. The second-order valence-corrected chi connectivity index (χ2v) is 10.6. The van der Waals surface area contributed by atoms with Crippen LogP contribution in [0.2, 0.25) is 0 Å². The molecule has 0 radical (unpaired) electrons. The van der Waals surface area contributed by atoms with Crippen LogP contribution in [0, 0.1) is 6.92 Å². The number of rotatable bonds is 6. The fourth-order valence-corrected chi connectivity index (χ4v) is 4.92. The van der Waals surface area contributed by atoms with Gasteiger partial charge in [0.25, 0.3) is 0 Å². The van der Waals surface area contributed by atoms with Crippen LogP contribution in [0.25, 0.3) is 0 Å². The van der Waals surface area contributed by atoms with E-state index in [1.54, 1.807) is 24.3 Å². The van der Waals surface area contributed by atoms with Crippen LogP contribution >= 0.6 is 0 Å². The minimum atomic E-state index is -3.18. The van der Waals surface area contributed by atoms with Crippen LogP contribution in [0.1, 0.15) is 44.2 Å². The summed E-state index contributed by atoms with van der Waals surface area (Å²) in [5, 5.41) is 0. The molecule has 2 fully saturated rings. The molecule has 0 unspecified atom stereocenters. The van der Waals surface area contributed by atoms with E-state index in [0.717, 1.165) is 68.9 Å². The largest absolute Gasteiger partial charge is 0.490 e. The lowest BCUT2D eigenvalue weighted by atomic mass is 9.94. The topological polar surface area (TPSA) is 81.6 Å². The zero-order valence-electron chi connectivity index (χ0n) is 18.2. The third kappa shape index (κ3) is 5.95. The summed E-state index contributed by atoms with van der Waals surface area (Å²) in [5.74, 6) is 1.68. The van der Waals surface area contributed by atoms with Crippen molar-refractivity contribution in [2.45, 2.75) is 68.7 Å². The van der Waals surface area contributed by atoms with Gasteiger partial charge in [0.2, 0.25) is 0 Å². The van der Waals surface area contributed by atoms with E-state index < -0.39 is 9.84 Å². The van der Waals surface area contributed by atoms with Crippen LogP contribution < -0.4 is 9.64 Å². The van der Waals surface area contributed by atoms with Crippen LogP contribution in [0.3, 0.4) is 0 Å². The van der Waals surface area contributed by atoms with E-state index in [1.807, 2.05) is 19.3 Å². The summed E-state index contributed by atoms with van der Waals surface area (Å²) in [6.07, 6.45) is 11.6. The molecule has 1 aliphatic heterocycles. The van der Waals surface area contributed by atoms with Gasteiger partial charge >= 0.3 is 0 Å². The summed E-state index contributed by atoms with van der Waals surface area (Å²) < 4.78 is 35.6. The average molecular weight is 446 g/mol. The van der Waals surface area contributed by atoms with Crippen molar-refractivity contribution in [1.82, 2.24) is 9.97 Å². The lowest BCUT2D eigenvalue weighted by Gasteiger charge is -2.36. The van der Waals surface area contributed by atoms with E-state index in [1.165, 1.54) is 6.26 Å². The standard InChI is InChI=1S/C23H31N3O4S/c1-17-15-25-23(16-24-17)26-13-11-21(12-14-26)30-19-5-3-18(4-6-19)29-20-7-9-22(10-8-20)31(2,27)28/h7-10,15-16,18-19,21H,3-6,11-14H2,1-2H3. The molecule has 0 N–H and O–H groups in total. The highest BCUT2D eigenvalue weighted by atomic mass is 32.2. The first-order valence-corrected chi connectivity index (χ1v) is 12.9. The maximum Gasteiger partial charge on any atom is 0.175 e. The quantitative estimate of drug-likeness (QED) is 0.672. The number of ether oxygens (including phenoxy) is 2. The Morgan fingerprint density at radius 2 is 1.48 bits per heavy atom. The van der Waals surface area contributed by atoms with E-state index >= 15 is 0 Å². The predicted molar refractivity (Wildman–Crippen MR) is 119 cm³/mol. The molecule has 1 aliphatic carbocycles. The van der Waals surface area contributed by atoms with Gasteiger partial charge in [0, 0.05) is 19.3 Å². The van der Waals surface area contributed by atoms with Gasteiger partial charge in [0.05, 0.1) is 41.3 Å². The van der Waals surface area contributed by atoms with Gasteiger partial charge in [-0.25, -0.2) is 13.4 Å². The highest BCUT2D eigenvalue weighted by Gasteiger charge is 2.28. The number of hydrogen-bond donors (Lipinski definition) is 0. The van der Waals surface area contributed by atoms with Crippen LogP contribution in [0.15, 0.2) is 41.6 Å². The molecule has 0 spiro atoms. The molecule has 7 nitrogen and oxygen atoms in total. The van der Waals surface area contributed by atoms with Crippen molar-refractivity contribution < 1.29 is 17.9 Å². The van der Waals surface area contributed by atoms with Gasteiger partial charge in [0.15, 0.2) is 9.84 Å². The highest BCUT2D eigenvalue weighted by Crippen LogP contribution is 2.29. The van der Waals surface area contributed by atoms with Crippen LogP contribution in [-0.2, 0) is 14.6 Å². The third-order valence-electron chi connectivity index (χ3n) is 6.09. The van der Waals surface area contributed by atoms with Gasteiger partial charge in [-0.3, -0.25) is 4.98 Å². The third-order valence-corrected chi connectivity index (χ3v) is 7.22. The fraction of sp³-hybridized carbons (Fsp3) is 0.565. The lowest BCUT2D eigenvalue weighted by Crippen LogP contribution is -2.40. The number of nitrogens with zero attached hydrogens (tertiary/aromatic N) is 3. The van der Waals surface area contributed by atoms with Crippen molar-refractivity contribution in [2.75, 3.05) is 24.2 Å². The average Bonchev–Trinajstić information content (AvgIpc) is 2.76. The maximum absolute atomic E-state index is 11.6. The van der Waals surface area contributed by atoms with Crippen molar-refractivity contribution in [1.29, 1.82) is 0 Å². The zero-order chi connectivity index (χ0) is 21.8. The highest BCUT2D eigenvalue weighted by molar-refractivity contribution is 7.90. The Bertz CT molecular complexity index is 947. The molecular weight excluding hydrogens is 414 g/mol. The molecule has 8 heteroatoms. The summed E-state index contributed by atoms with van der Waals surface area (Å²) in [7, 11) is -3.18. The molecule has 2 aliphatic rings. The second-order valence-electron chi connectivity index (χ2n) is 8.60. The van der Waals surface area contributed by atoms with Crippen LogP contribution in [0.4, 0.5) is 5.82 Å². The number of aryl methyl sites for hydroxylation is 1. The molecule has 0 amide bonds. The summed E-state index contributed by atoms with van der Waals surface area (Å²) in [4.78, 5) is 11.4. The number of piperidine rings is 1. The molecule has 31 heavy (non-hydrogen) atoms. The first-order chi connectivity index (χ1) is 14.9. The van der Waals surface area contributed by atoms with Crippen molar-refractivity contribution in [3.8, 4) is 5.75 Å². The molecule has 2 heterocycles. The molecule has 0 bridgehead atoms. The van der Waals surface area contributed by atoms with Crippen molar-refractivity contribution in [2.24, 2.45) is 0 Å². The number of hydrogen-bond acceptors (Lipinski definition) is 7. The fourth-order valence-electron chi connectivity index (χ4n) is 4.29. The predicted octanol–water partition coefficient (Wildman–Crippen LogP) is 3.56. The van der Waals surface area contributed by atoms with Crippen LogP contribution in [-0.4, -0.2) is 56.0 Å². The maximum atomic E-state index is 11.6. The lowest BCUT2D eigenvalue weighted by molar-refractivity contribution is -0.0528. The summed E-state index contributed by atoms with van der Waals surface area (Å²) >= 11 is 0. The number of anilines is 1. The van der Waals surface area contributed by atoms with E-state index in [2.05, 4.69) is 14.9 Å². The molecule has 1 aromatic heterocycles. The van der Waals surface area contributed by atoms with E-state index in [4.69, 9.17) is 9.47 Å².